The molecule has 0 unspecified atom stereocenters. The van der Waals surface area contributed by atoms with Gasteiger partial charge in [-0.15, -0.1) is 0 Å². The smallest absolute Gasteiger partial charge is 0.0107 e. The van der Waals surface area contributed by atoms with Gasteiger partial charge in [-0.05, 0) is 31.3 Å². The summed E-state index contributed by atoms with van der Waals surface area (Å²) in [6.45, 7) is 13.1. The summed E-state index contributed by atoms with van der Waals surface area (Å²) in [5.74, 6) is 0. The maximum absolute atomic E-state index is 3.46. The first-order valence-electron chi connectivity index (χ1n) is 5.51. The van der Waals surface area contributed by atoms with Crippen LogP contribution in [0.15, 0.2) is 0 Å². The summed E-state index contributed by atoms with van der Waals surface area (Å²) in [4.78, 5) is 2.59. The molecular weight excluding hydrogens is 160 g/mol. The highest BCUT2D eigenvalue weighted by atomic mass is 15.1. The molecule has 1 aliphatic rings. The molecule has 0 spiro atoms. The fourth-order valence-corrected chi connectivity index (χ4v) is 1.89. The highest BCUT2D eigenvalue weighted by Gasteiger charge is 2.16. The molecule has 1 heterocycles. The van der Waals surface area contributed by atoms with Gasteiger partial charge >= 0.3 is 0 Å². The molecule has 1 fully saturated rings. The van der Waals surface area contributed by atoms with Crippen LogP contribution in [-0.4, -0.2) is 37.6 Å². The Labute approximate surface area is 82.7 Å². The van der Waals surface area contributed by atoms with E-state index in [-0.39, 0.29) is 0 Å². The van der Waals surface area contributed by atoms with Gasteiger partial charge in [0.1, 0.15) is 0 Å². The highest BCUT2D eigenvalue weighted by molar-refractivity contribution is 4.71. The van der Waals surface area contributed by atoms with E-state index in [1.165, 1.54) is 39.0 Å². The lowest BCUT2D eigenvalue weighted by molar-refractivity contribution is 0.182. The Kier molecular flexibility index (Phi) is 4.20. The predicted octanol–water partition coefficient (Wildman–Crippen LogP) is 1.72. The molecule has 0 aromatic heterocycles. The molecule has 1 saturated heterocycles. The molecule has 0 radical (unpaired) electrons. The van der Waals surface area contributed by atoms with Gasteiger partial charge in [0.15, 0.2) is 0 Å². The Morgan fingerprint density at radius 1 is 1.08 bits per heavy atom. The second-order valence-electron chi connectivity index (χ2n) is 5.29. The zero-order chi connectivity index (χ0) is 9.73. The normalized spacial score (nSPS) is 22.4. The van der Waals surface area contributed by atoms with Gasteiger partial charge in [0.25, 0.3) is 0 Å². The lowest BCUT2D eigenvalue weighted by Gasteiger charge is -2.31. The molecule has 0 saturated carbocycles. The van der Waals surface area contributed by atoms with Crippen molar-refractivity contribution in [1.29, 1.82) is 0 Å². The van der Waals surface area contributed by atoms with E-state index in [9.17, 15) is 0 Å². The van der Waals surface area contributed by atoms with Gasteiger partial charge in [-0.25, -0.2) is 0 Å². The topological polar surface area (TPSA) is 15.3 Å². The van der Waals surface area contributed by atoms with Crippen LogP contribution < -0.4 is 5.32 Å². The third kappa shape index (κ3) is 5.27. The van der Waals surface area contributed by atoms with Crippen molar-refractivity contribution in [3.05, 3.63) is 0 Å². The number of nitrogens with one attached hydrogen (secondary N) is 1. The van der Waals surface area contributed by atoms with Crippen LogP contribution in [-0.2, 0) is 0 Å². The predicted molar refractivity (Wildman–Crippen MR) is 58.0 cm³/mol. The Hall–Kier alpha value is -0.0800. The second kappa shape index (κ2) is 4.97. The van der Waals surface area contributed by atoms with E-state index in [2.05, 4.69) is 31.0 Å². The average Bonchev–Trinajstić information content (AvgIpc) is 1.92. The first-order valence-corrected chi connectivity index (χ1v) is 5.51. The monoisotopic (exact) mass is 184 g/mol. The molecule has 0 aromatic carbocycles. The van der Waals surface area contributed by atoms with Crippen LogP contribution in [0, 0.1) is 5.41 Å². The third-order valence-corrected chi connectivity index (χ3v) is 2.38. The fourth-order valence-electron chi connectivity index (χ4n) is 1.89. The summed E-state index contributed by atoms with van der Waals surface area (Å²) < 4.78 is 0. The number of nitrogens with zero attached hydrogens (tertiary/aromatic N) is 1. The Balaban J connectivity index is 2.29. The molecule has 78 valence electrons. The molecule has 1 rings (SSSR count). The third-order valence-electron chi connectivity index (χ3n) is 2.38. The molecule has 13 heavy (non-hydrogen) atoms. The van der Waals surface area contributed by atoms with E-state index in [1.54, 1.807) is 0 Å². The largest absolute Gasteiger partial charge is 0.315 e. The van der Waals surface area contributed by atoms with Crippen molar-refractivity contribution in [3.63, 3.8) is 0 Å². The van der Waals surface area contributed by atoms with Crippen molar-refractivity contribution < 1.29 is 0 Å². The maximum atomic E-state index is 3.46. The molecule has 1 N–H and O–H groups in total. The van der Waals surface area contributed by atoms with Gasteiger partial charge < -0.3 is 10.2 Å². The van der Waals surface area contributed by atoms with Gasteiger partial charge in [0, 0.05) is 19.6 Å². The molecule has 0 atom stereocenters. The summed E-state index contributed by atoms with van der Waals surface area (Å²) in [5.41, 5.74) is 0.444. The Morgan fingerprint density at radius 2 is 1.85 bits per heavy atom. The molecule has 2 nitrogen and oxygen atoms in total. The Morgan fingerprint density at radius 3 is 2.54 bits per heavy atom. The van der Waals surface area contributed by atoms with Gasteiger partial charge in [0.05, 0.1) is 0 Å². The van der Waals surface area contributed by atoms with Crippen LogP contribution in [0.25, 0.3) is 0 Å². The first kappa shape index (κ1) is 11.0. The molecule has 0 aliphatic carbocycles. The summed E-state index contributed by atoms with van der Waals surface area (Å²) in [5, 5.41) is 3.46. The van der Waals surface area contributed by atoms with Gasteiger partial charge in [-0.3, -0.25) is 0 Å². The summed E-state index contributed by atoms with van der Waals surface area (Å²) in [7, 11) is 0. The molecule has 0 bridgehead atoms. The molecular formula is C11H24N2. The van der Waals surface area contributed by atoms with E-state index >= 15 is 0 Å². The average molecular weight is 184 g/mol. The van der Waals surface area contributed by atoms with Crippen LogP contribution in [0.3, 0.4) is 0 Å². The minimum Gasteiger partial charge on any atom is -0.315 e. The summed E-state index contributed by atoms with van der Waals surface area (Å²) >= 11 is 0. The SMILES string of the molecule is CC(C)(C)CN1CCCCNCC1. The van der Waals surface area contributed by atoms with Crippen molar-refractivity contribution in [2.45, 2.75) is 33.6 Å². The molecule has 0 amide bonds. The van der Waals surface area contributed by atoms with E-state index in [4.69, 9.17) is 0 Å². The van der Waals surface area contributed by atoms with Crippen LogP contribution in [0.5, 0.6) is 0 Å². The molecule has 2 heteroatoms. The minimum absolute atomic E-state index is 0.444. The maximum Gasteiger partial charge on any atom is 0.0107 e. The fraction of sp³-hybridized carbons (Fsp3) is 1.00. The van der Waals surface area contributed by atoms with E-state index in [1.807, 2.05) is 0 Å². The highest BCUT2D eigenvalue weighted by Crippen LogP contribution is 2.15. The summed E-state index contributed by atoms with van der Waals surface area (Å²) in [6, 6.07) is 0. The van der Waals surface area contributed by atoms with E-state index < -0.39 is 0 Å². The van der Waals surface area contributed by atoms with Crippen molar-refractivity contribution in [2.75, 3.05) is 32.7 Å². The van der Waals surface area contributed by atoms with Gasteiger partial charge in [0.2, 0.25) is 0 Å². The molecule has 1 aliphatic heterocycles. The standard InChI is InChI=1S/C11H24N2/c1-11(2,3)10-13-8-5-4-6-12-7-9-13/h12H,4-10H2,1-3H3. The van der Waals surface area contributed by atoms with E-state index in [0.717, 1.165) is 6.54 Å². The summed E-state index contributed by atoms with van der Waals surface area (Å²) in [6.07, 6.45) is 2.68. The number of hydrogen-bond acceptors (Lipinski definition) is 2. The van der Waals surface area contributed by atoms with Gasteiger partial charge in [-0.2, -0.15) is 0 Å². The quantitative estimate of drug-likeness (QED) is 0.667. The lowest BCUT2D eigenvalue weighted by atomic mass is 9.96. The Bertz CT molecular complexity index is 130. The van der Waals surface area contributed by atoms with Crippen molar-refractivity contribution in [2.24, 2.45) is 5.41 Å². The number of hydrogen-bond donors (Lipinski definition) is 1. The lowest BCUT2D eigenvalue weighted by Crippen LogP contribution is -2.40. The van der Waals surface area contributed by atoms with Crippen LogP contribution in [0.1, 0.15) is 33.6 Å². The van der Waals surface area contributed by atoms with Crippen LogP contribution in [0.4, 0.5) is 0 Å². The first-order chi connectivity index (χ1) is 6.08. The van der Waals surface area contributed by atoms with Crippen LogP contribution in [0.2, 0.25) is 0 Å². The van der Waals surface area contributed by atoms with E-state index in [0.29, 0.717) is 5.41 Å². The zero-order valence-corrected chi connectivity index (χ0v) is 9.40. The van der Waals surface area contributed by atoms with Crippen molar-refractivity contribution >= 4 is 0 Å². The van der Waals surface area contributed by atoms with Gasteiger partial charge in [-0.1, -0.05) is 20.8 Å². The van der Waals surface area contributed by atoms with Crippen molar-refractivity contribution in [1.82, 2.24) is 10.2 Å². The minimum atomic E-state index is 0.444. The number of rotatable bonds is 1. The van der Waals surface area contributed by atoms with Crippen LogP contribution >= 0.6 is 0 Å². The molecule has 0 aromatic rings. The zero-order valence-electron chi connectivity index (χ0n) is 9.40. The second-order valence-corrected chi connectivity index (χ2v) is 5.29. The van der Waals surface area contributed by atoms with Crippen molar-refractivity contribution in [3.8, 4) is 0 Å².